The number of hydrogen-bond donors (Lipinski definition) is 1. The van der Waals surface area contributed by atoms with Crippen LogP contribution in [-0.2, 0) is 11.2 Å². The van der Waals surface area contributed by atoms with Gasteiger partial charge >= 0.3 is 0 Å². The molecule has 2 atom stereocenters. The van der Waals surface area contributed by atoms with Gasteiger partial charge in [0.1, 0.15) is 0 Å². The molecule has 1 aromatic rings. The van der Waals surface area contributed by atoms with Gasteiger partial charge in [-0.3, -0.25) is 0 Å². The maximum absolute atomic E-state index is 10.3. The van der Waals surface area contributed by atoms with Crippen molar-refractivity contribution in [2.24, 2.45) is 0 Å². The van der Waals surface area contributed by atoms with Crippen LogP contribution in [0.4, 0.5) is 0 Å². The highest BCUT2D eigenvalue weighted by atomic mass is 16.5. The van der Waals surface area contributed by atoms with E-state index in [2.05, 4.69) is 31.0 Å². The molecule has 2 unspecified atom stereocenters. The highest BCUT2D eigenvalue weighted by molar-refractivity contribution is 5.24. The molecular formula is C17H27NO2. The van der Waals surface area contributed by atoms with Crippen molar-refractivity contribution in [3.05, 3.63) is 35.4 Å². The van der Waals surface area contributed by atoms with Crippen molar-refractivity contribution in [3.63, 3.8) is 0 Å². The number of hydrogen-bond acceptors (Lipinski definition) is 3. The summed E-state index contributed by atoms with van der Waals surface area (Å²) in [5.74, 6) is 0. The maximum atomic E-state index is 10.3. The first-order chi connectivity index (χ1) is 9.69. The Bertz CT molecular complexity index is 384. The van der Waals surface area contributed by atoms with Gasteiger partial charge in [0, 0.05) is 19.7 Å². The quantitative estimate of drug-likeness (QED) is 0.868. The summed E-state index contributed by atoms with van der Waals surface area (Å²) < 4.78 is 5.74. The minimum atomic E-state index is -0.422. The van der Waals surface area contributed by atoms with Crippen LogP contribution in [0.2, 0.25) is 0 Å². The summed E-state index contributed by atoms with van der Waals surface area (Å²) in [5, 5.41) is 10.3. The smallest absolute Gasteiger partial charge is 0.0916 e. The summed E-state index contributed by atoms with van der Waals surface area (Å²) in [6, 6.07) is 8.27. The summed E-state index contributed by atoms with van der Waals surface area (Å²) in [6.45, 7) is 4.60. The zero-order chi connectivity index (χ0) is 14.4. The van der Waals surface area contributed by atoms with E-state index in [9.17, 15) is 5.11 Å². The third-order valence-electron chi connectivity index (χ3n) is 4.05. The van der Waals surface area contributed by atoms with Gasteiger partial charge < -0.3 is 14.7 Å². The van der Waals surface area contributed by atoms with Crippen LogP contribution in [0.5, 0.6) is 0 Å². The number of benzene rings is 1. The van der Waals surface area contributed by atoms with Crippen LogP contribution in [0.25, 0.3) is 0 Å². The molecule has 0 radical (unpaired) electrons. The molecule has 1 aliphatic heterocycles. The predicted octanol–water partition coefficient (Wildman–Crippen LogP) is 2.78. The van der Waals surface area contributed by atoms with E-state index in [4.69, 9.17) is 4.74 Å². The largest absolute Gasteiger partial charge is 0.387 e. The Kier molecular flexibility index (Phi) is 6.02. The van der Waals surface area contributed by atoms with Gasteiger partial charge in [0.15, 0.2) is 0 Å². The molecule has 0 bridgehead atoms. The Labute approximate surface area is 122 Å². The predicted molar refractivity (Wildman–Crippen MR) is 81.9 cm³/mol. The van der Waals surface area contributed by atoms with Gasteiger partial charge in [0.2, 0.25) is 0 Å². The first-order valence-corrected chi connectivity index (χ1v) is 7.76. The van der Waals surface area contributed by atoms with Gasteiger partial charge in [-0.15, -0.1) is 0 Å². The fourth-order valence-corrected chi connectivity index (χ4v) is 2.75. The normalized spacial score (nSPS) is 21.1. The maximum Gasteiger partial charge on any atom is 0.0916 e. The SMILES string of the molecule is CCc1ccc(C(O)CN(C)CC2CCCCO2)cc1. The second kappa shape index (κ2) is 7.77. The summed E-state index contributed by atoms with van der Waals surface area (Å²) in [4.78, 5) is 2.17. The third kappa shape index (κ3) is 4.58. The molecule has 20 heavy (non-hydrogen) atoms. The van der Waals surface area contributed by atoms with Crippen LogP contribution in [0.3, 0.4) is 0 Å². The molecule has 1 heterocycles. The van der Waals surface area contributed by atoms with E-state index in [1.54, 1.807) is 0 Å². The van der Waals surface area contributed by atoms with Crippen LogP contribution < -0.4 is 0 Å². The number of ether oxygens (including phenoxy) is 1. The summed E-state index contributed by atoms with van der Waals surface area (Å²) in [6.07, 6.45) is 4.55. The lowest BCUT2D eigenvalue weighted by molar-refractivity contribution is -0.00795. The van der Waals surface area contributed by atoms with Gasteiger partial charge in [0.05, 0.1) is 12.2 Å². The average molecular weight is 277 g/mol. The Morgan fingerprint density at radius 1 is 1.30 bits per heavy atom. The molecule has 0 spiro atoms. The number of nitrogens with zero attached hydrogens (tertiary/aromatic N) is 1. The molecule has 2 rings (SSSR count). The van der Waals surface area contributed by atoms with Gasteiger partial charge in [0.25, 0.3) is 0 Å². The monoisotopic (exact) mass is 277 g/mol. The minimum Gasteiger partial charge on any atom is -0.387 e. The van der Waals surface area contributed by atoms with Crippen molar-refractivity contribution in [3.8, 4) is 0 Å². The zero-order valence-electron chi connectivity index (χ0n) is 12.7. The van der Waals surface area contributed by atoms with Gasteiger partial charge in [-0.05, 0) is 43.9 Å². The molecule has 1 aromatic carbocycles. The molecule has 1 fully saturated rings. The van der Waals surface area contributed by atoms with E-state index in [1.165, 1.54) is 18.4 Å². The molecule has 1 N–H and O–H groups in total. The van der Waals surface area contributed by atoms with E-state index in [0.29, 0.717) is 12.6 Å². The van der Waals surface area contributed by atoms with E-state index >= 15 is 0 Å². The second-order valence-electron chi connectivity index (χ2n) is 5.82. The summed E-state index contributed by atoms with van der Waals surface area (Å²) in [5.41, 5.74) is 2.31. The number of aryl methyl sites for hydroxylation is 1. The minimum absolute atomic E-state index is 0.336. The van der Waals surface area contributed by atoms with Crippen LogP contribution in [0, 0.1) is 0 Å². The summed E-state index contributed by atoms with van der Waals surface area (Å²) >= 11 is 0. The molecule has 3 nitrogen and oxygen atoms in total. The zero-order valence-corrected chi connectivity index (χ0v) is 12.7. The van der Waals surface area contributed by atoms with E-state index < -0.39 is 6.10 Å². The molecule has 3 heteroatoms. The number of likely N-dealkylation sites (N-methyl/N-ethyl adjacent to an activating group) is 1. The molecule has 1 aliphatic rings. The van der Waals surface area contributed by atoms with Crippen molar-refractivity contribution in [2.75, 3.05) is 26.7 Å². The van der Waals surface area contributed by atoms with Crippen molar-refractivity contribution < 1.29 is 9.84 Å². The first kappa shape index (κ1) is 15.5. The van der Waals surface area contributed by atoms with Crippen LogP contribution in [0.1, 0.15) is 43.4 Å². The lowest BCUT2D eigenvalue weighted by Gasteiger charge is -2.28. The van der Waals surface area contributed by atoms with Crippen molar-refractivity contribution in [2.45, 2.75) is 44.8 Å². The molecule has 1 saturated heterocycles. The molecule has 0 aliphatic carbocycles. The highest BCUT2D eigenvalue weighted by Gasteiger charge is 2.18. The van der Waals surface area contributed by atoms with Gasteiger partial charge in [-0.1, -0.05) is 31.2 Å². The lowest BCUT2D eigenvalue weighted by Crippen LogP contribution is -2.35. The van der Waals surface area contributed by atoms with E-state index in [-0.39, 0.29) is 0 Å². The Morgan fingerprint density at radius 3 is 2.65 bits per heavy atom. The Hall–Kier alpha value is -0.900. The molecular weight excluding hydrogens is 250 g/mol. The van der Waals surface area contributed by atoms with Crippen molar-refractivity contribution >= 4 is 0 Å². The molecule has 0 saturated carbocycles. The third-order valence-corrected chi connectivity index (χ3v) is 4.05. The topological polar surface area (TPSA) is 32.7 Å². The number of aliphatic hydroxyl groups excluding tert-OH is 1. The standard InChI is InChI=1S/C17H27NO2/c1-3-14-7-9-15(10-8-14)17(19)13-18(2)12-16-6-4-5-11-20-16/h7-10,16-17,19H,3-6,11-13H2,1-2H3. The second-order valence-corrected chi connectivity index (χ2v) is 5.82. The fourth-order valence-electron chi connectivity index (χ4n) is 2.75. The molecule has 112 valence electrons. The van der Waals surface area contributed by atoms with E-state index in [1.807, 2.05) is 12.1 Å². The molecule has 0 aromatic heterocycles. The van der Waals surface area contributed by atoms with Crippen LogP contribution >= 0.6 is 0 Å². The molecule has 0 amide bonds. The number of aliphatic hydroxyl groups is 1. The Balaban J connectivity index is 1.81. The fraction of sp³-hybridized carbons (Fsp3) is 0.647. The average Bonchev–Trinajstić information content (AvgIpc) is 2.48. The van der Waals surface area contributed by atoms with Crippen molar-refractivity contribution in [1.82, 2.24) is 4.90 Å². The van der Waals surface area contributed by atoms with Gasteiger partial charge in [-0.2, -0.15) is 0 Å². The highest BCUT2D eigenvalue weighted by Crippen LogP contribution is 2.17. The number of rotatable bonds is 6. The van der Waals surface area contributed by atoms with Gasteiger partial charge in [-0.25, -0.2) is 0 Å². The summed E-state index contributed by atoms with van der Waals surface area (Å²) in [7, 11) is 2.06. The van der Waals surface area contributed by atoms with Crippen molar-refractivity contribution in [1.29, 1.82) is 0 Å². The Morgan fingerprint density at radius 2 is 2.05 bits per heavy atom. The lowest BCUT2D eigenvalue weighted by atomic mass is 10.0. The van der Waals surface area contributed by atoms with Crippen LogP contribution in [0.15, 0.2) is 24.3 Å². The van der Waals surface area contributed by atoms with E-state index in [0.717, 1.165) is 31.6 Å². The first-order valence-electron chi connectivity index (χ1n) is 7.76. The van der Waals surface area contributed by atoms with Crippen LogP contribution in [-0.4, -0.2) is 42.9 Å².